The molecule has 1 aromatic rings. The SMILES string of the molecule is CNc1nc(Cl)nc(NC(C)(C)C(C)O)n1. The summed E-state index contributed by atoms with van der Waals surface area (Å²) >= 11 is 5.73. The Bertz CT molecular complexity index is 369. The van der Waals surface area contributed by atoms with Crippen molar-refractivity contribution in [3.8, 4) is 0 Å². The number of aliphatic hydroxyl groups is 1. The van der Waals surface area contributed by atoms with Gasteiger partial charge in [0.2, 0.25) is 17.2 Å². The van der Waals surface area contributed by atoms with E-state index in [2.05, 4.69) is 25.6 Å². The zero-order valence-corrected chi connectivity index (χ0v) is 10.5. The summed E-state index contributed by atoms with van der Waals surface area (Å²) in [4.78, 5) is 11.9. The second-order valence-electron chi connectivity index (χ2n) is 4.02. The van der Waals surface area contributed by atoms with E-state index >= 15 is 0 Å². The van der Waals surface area contributed by atoms with Crippen molar-refractivity contribution in [1.82, 2.24) is 15.0 Å². The van der Waals surface area contributed by atoms with E-state index in [1.807, 2.05) is 13.8 Å². The van der Waals surface area contributed by atoms with E-state index in [0.29, 0.717) is 11.9 Å². The summed E-state index contributed by atoms with van der Waals surface area (Å²) in [7, 11) is 1.69. The molecule has 0 spiro atoms. The summed E-state index contributed by atoms with van der Waals surface area (Å²) in [5.74, 6) is 0.708. The van der Waals surface area contributed by atoms with E-state index < -0.39 is 11.6 Å². The Balaban J connectivity index is 2.93. The fraction of sp³-hybridized carbons (Fsp3) is 0.667. The highest BCUT2D eigenvalue weighted by molar-refractivity contribution is 6.28. The highest BCUT2D eigenvalue weighted by Crippen LogP contribution is 2.17. The summed E-state index contributed by atoms with van der Waals surface area (Å²) < 4.78 is 0. The highest BCUT2D eigenvalue weighted by Gasteiger charge is 2.25. The Hall–Kier alpha value is -1.14. The van der Waals surface area contributed by atoms with Crippen LogP contribution in [0.1, 0.15) is 20.8 Å². The van der Waals surface area contributed by atoms with Gasteiger partial charge in [0.15, 0.2) is 0 Å². The van der Waals surface area contributed by atoms with Crippen molar-refractivity contribution in [2.75, 3.05) is 17.7 Å². The van der Waals surface area contributed by atoms with Crippen LogP contribution in [0, 0.1) is 0 Å². The maximum absolute atomic E-state index is 9.55. The monoisotopic (exact) mass is 245 g/mol. The molecule has 0 fully saturated rings. The smallest absolute Gasteiger partial charge is 0.229 e. The molecule has 1 heterocycles. The van der Waals surface area contributed by atoms with E-state index in [-0.39, 0.29) is 5.28 Å². The molecule has 0 amide bonds. The van der Waals surface area contributed by atoms with Gasteiger partial charge in [-0.25, -0.2) is 0 Å². The molecule has 3 N–H and O–H groups in total. The average molecular weight is 246 g/mol. The van der Waals surface area contributed by atoms with Gasteiger partial charge in [-0.1, -0.05) is 0 Å². The maximum atomic E-state index is 9.55. The lowest BCUT2D eigenvalue weighted by Crippen LogP contribution is -2.42. The van der Waals surface area contributed by atoms with Gasteiger partial charge in [0.05, 0.1) is 11.6 Å². The molecule has 0 aliphatic rings. The molecule has 16 heavy (non-hydrogen) atoms. The van der Waals surface area contributed by atoms with Crippen molar-refractivity contribution in [2.24, 2.45) is 0 Å². The molecule has 0 aliphatic heterocycles. The minimum atomic E-state index is -0.555. The Morgan fingerprint density at radius 3 is 2.31 bits per heavy atom. The number of halogens is 1. The number of hydrogen-bond donors (Lipinski definition) is 3. The minimum Gasteiger partial charge on any atom is -0.391 e. The molecule has 0 bridgehead atoms. The Morgan fingerprint density at radius 1 is 1.25 bits per heavy atom. The van der Waals surface area contributed by atoms with Crippen molar-refractivity contribution >= 4 is 23.5 Å². The molecule has 90 valence electrons. The first-order chi connectivity index (χ1) is 7.35. The number of aliphatic hydroxyl groups excluding tert-OH is 1. The van der Waals surface area contributed by atoms with E-state index in [0.717, 1.165) is 0 Å². The van der Waals surface area contributed by atoms with Gasteiger partial charge in [-0.15, -0.1) is 0 Å². The molecule has 1 unspecified atom stereocenters. The van der Waals surface area contributed by atoms with E-state index in [1.54, 1.807) is 14.0 Å². The molecular weight excluding hydrogens is 230 g/mol. The third kappa shape index (κ3) is 3.18. The lowest BCUT2D eigenvalue weighted by molar-refractivity contribution is 0.132. The number of anilines is 2. The third-order valence-corrected chi connectivity index (χ3v) is 2.48. The van der Waals surface area contributed by atoms with Crippen LogP contribution in [0.25, 0.3) is 0 Å². The Kier molecular flexibility index (Phi) is 3.88. The minimum absolute atomic E-state index is 0.100. The van der Waals surface area contributed by atoms with Gasteiger partial charge in [-0.05, 0) is 32.4 Å². The van der Waals surface area contributed by atoms with Crippen LogP contribution in [0.3, 0.4) is 0 Å². The molecule has 6 nitrogen and oxygen atoms in total. The first-order valence-corrected chi connectivity index (χ1v) is 5.28. The molecule has 1 atom stereocenters. The molecule has 1 rings (SSSR count). The van der Waals surface area contributed by atoms with Crippen molar-refractivity contribution in [3.05, 3.63) is 5.28 Å². The van der Waals surface area contributed by atoms with Crippen LogP contribution in [-0.2, 0) is 0 Å². The van der Waals surface area contributed by atoms with Crippen LogP contribution in [0.5, 0.6) is 0 Å². The summed E-state index contributed by atoms with van der Waals surface area (Å²) in [6, 6.07) is 0. The molecule has 0 saturated carbocycles. The fourth-order valence-electron chi connectivity index (χ4n) is 0.910. The van der Waals surface area contributed by atoms with Gasteiger partial charge in [0, 0.05) is 7.05 Å². The van der Waals surface area contributed by atoms with E-state index in [1.165, 1.54) is 0 Å². The molecule has 0 aliphatic carbocycles. The number of nitrogens with zero attached hydrogens (tertiary/aromatic N) is 3. The molecule has 0 radical (unpaired) electrons. The summed E-state index contributed by atoms with van der Waals surface area (Å²) in [5, 5.41) is 15.4. The zero-order valence-electron chi connectivity index (χ0n) is 9.74. The standard InChI is InChI=1S/C9H16ClN5O/c1-5(16)9(2,3)15-8-13-6(10)12-7(11-4)14-8/h5,16H,1-4H3,(H2,11,12,13,14,15). The molecule has 7 heteroatoms. The number of aromatic nitrogens is 3. The van der Waals surface area contributed by atoms with Crippen molar-refractivity contribution in [2.45, 2.75) is 32.4 Å². The predicted octanol–water partition coefficient (Wildman–Crippen LogP) is 1.14. The summed E-state index contributed by atoms with van der Waals surface area (Å²) in [6.07, 6.45) is -0.555. The number of nitrogens with one attached hydrogen (secondary N) is 2. The zero-order chi connectivity index (χ0) is 12.3. The Labute approximate surface area is 99.5 Å². The average Bonchev–Trinajstić information content (AvgIpc) is 2.15. The van der Waals surface area contributed by atoms with Crippen LogP contribution in [0.2, 0.25) is 5.28 Å². The second-order valence-corrected chi connectivity index (χ2v) is 4.36. The lowest BCUT2D eigenvalue weighted by Gasteiger charge is -2.29. The van der Waals surface area contributed by atoms with Crippen molar-refractivity contribution in [3.63, 3.8) is 0 Å². The topological polar surface area (TPSA) is 83.0 Å². The van der Waals surface area contributed by atoms with Gasteiger partial charge in [-0.2, -0.15) is 15.0 Å². The van der Waals surface area contributed by atoms with Crippen molar-refractivity contribution in [1.29, 1.82) is 0 Å². The van der Waals surface area contributed by atoms with Gasteiger partial charge in [-0.3, -0.25) is 0 Å². The predicted molar refractivity (Wildman–Crippen MR) is 63.8 cm³/mol. The molecule has 0 aromatic carbocycles. The van der Waals surface area contributed by atoms with Crippen molar-refractivity contribution < 1.29 is 5.11 Å². The number of hydrogen-bond acceptors (Lipinski definition) is 6. The molecular formula is C9H16ClN5O. The van der Waals surface area contributed by atoms with Crippen LogP contribution in [0.15, 0.2) is 0 Å². The van der Waals surface area contributed by atoms with Crippen LogP contribution in [0.4, 0.5) is 11.9 Å². The molecule has 1 aromatic heterocycles. The van der Waals surface area contributed by atoms with Gasteiger partial charge >= 0.3 is 0 Å². The third-order valence-electron chi connectivity index (χ3n) is 2.31. The second kappa shape index (κ2) is 4.80. The van der Waals surface area contributed by atoms with E-state index in [9.17, 15) is 5.11 Å². The molecule has 0 saturated heterocycles. The van der Waals surface area contributed by atoms with Crippen LogP contribution >= 0.6 is 11.6 Å². The quantitative estimate of drug-likeness (QED) is 0.738. The van der Waals surface area contributed by atoms with Gasteiger partial charge in [0.25, 0.3) is 0 Å². The summed E-state index contributed by atoms with van der Waals surface area (Å²) in [6.45, 7) is 5.37. The maximum Gasteiger partial charge on any atom is 0.229 e. The largest absolute Gasteiger partial charge is 0.391 e. The Morgan fingerprint density at radius 2 is 1.81 bits per heavy atom. The van der Waals surface area contributed by atoms with Gasteiger partial charge < -0.3 is 15.7 Å². The van der Waals surface area contributed by atoms with Crippen LogP contribution in [-0.4, -0.2) is 38.7 Å². The lowest BCUT2D eigenvalue weighted by atomic mass is 9.99. The van der Waals surface area contributed by atoms with Crippen LogP contribution < -0.4 is 10.6 Å². The normalized spacial score (nSPS) is 13.4. The highest BCUT2D eigenvalue weighted by atomic mass is 35.5. The summed E-state index contributed by atoms with van der Waals surface area (Å²) in [5.41, 5.74) is -0.546. The first-order valence-electron chi connectivity index (χ1n) is 4.90. The number of rotatable bonds is 4. The van der Waals surface area contributed by atoms with Gasteiger partial charge in [0.1, 0.15) is 0 Å². The van der Waals surface area contributed by atoms with E-state index in [4.69, 9.17) is 11.6 Å². The first kappa shape index (κ1) is 12.9. The fourth-order valence-corrected chi connectivity index (χ4v) is 1.07.